The first-order chi connectivity index (χ1) is 9.06. The van der Waals surface area contributed by atoms with Gasteiger partial charge in [0, 0.05) is 29.7 Å². The molecular weight excluding hydrogens is 246 g/mol. The molecule has 0 saturated carbocycles. The molecule has 0 spiro atoms. The number of aromatic amines is 1. The Morgan fingerprint density at radius 3 is 2.37 bits per heavy atom. The van der Waals surface area contributed by atoms with Gasteiger partial charge in [-0.3, -0.25) is 9.59 Å². The number of carbonyl (C=O) groups excluding carboxylic acids is 2. The number of fused-ring (bicyclic) bond motifs is 1. The number of rotatable bonds is 1. The van der Waals surface area contributed by atoms with Crippen molar-refractivity contribution < 1.29 is 19.8 Å². The molecule has 0 amide bonds. The highest BCUT2D eigenvalue weighted by atomic mass is 16.3. The molecule has 5 heteroatoms. The number of carbonyl (C=O) groups is 2. The maximum absolute atomic E-state index is 11.7. The van der Waals surface area contributed by atoms with Gasteiger partial charge in [-0.1, -0.05) is 0 Å². The summed E-state index contributed by atoms with van der Waals surface area (Å²) in [6, 6.07) is 5.94. The molecule has 3 N–H and O–H groups in total. The summed E-state index contributed by atoms with van der Waals surface area (Å²) in [5, 5.41) is 18.7. The van der Waals surface area contributed by atoms with Gasteiger partial charge in [0.15, 0.2) is 23.1 Å². The molecule has 19 heavy (non-hydrogen) atoms. The highest BCUT2D eigenvalue weighted by Crippen LogP contribution is 2.32. The fourth-order valence-electron chi connectivity index (χ4n) is 2.23. The van der Waals surface area contributed by atoms with E-state index in [1.807, 2.05) is 0 Å². The SMILES string of the molecule is O=C1CCC(=O)c2[nH]c(-c3ccc(O)c(O)c3)cc21. The highest BCUT2D eigenvalue weighted by Gasteiger charge is 2.26. The topological polar surface area (TPSA) is 90.4 Å². The summed E-state index contributed by atoms with van der Waals surface area (Å²) in [4.78, 5) is 26.4. The third-order valence-corrected chi connectivity index (χ3v) is 3.26. The molecule has 1 aliphatic rings. The van der Waals surface area contributed by atoms with E-state index in [2.05, 4.69) is 4.98 Å². The van der Waals surface area contributed by atoms with Crippen molar-refractivity contribution in [3.8, 4) is 22.8 Å². The Hall–Kier alpha value is -2.56. The maximum Gasteiger partial charge on any atom is 0.180 e. The van der Waals surface area contributed by atoms with Crippen molar-refractivity contribution in [2.75, 3.05) is 0 Å². The Balaban J connectivity index is 2.12. The van der Waals surface area contributed by atoms with Gasteiger partial charge in [-0.25, -0.2) is 0 Å². The minimum absolute atomic E-state index is 0.0555. The van der Waals surface area contributed by atoms with Crippen LogP contribution in [0.25, 0.3) is 11.3 Å². The molecule has 1 heterocycles. The zero-order valence-electron chi connectivity index (χ0n) is 9.93. The molecule has 0 aliphatic heterocycles. The van der Waals surface area contributed by atoms with Crippen molar-refractivity contribution in [1.29, 1.82) is 0 Å². The van der Waals surface area contributed by atoms with Crippen LogP contribution >= 0.6 is 0 Å². The average Bonchev–Trinajstić information content (AvgIpc) is 2.83. The van der Waals surface area contributed by atoms with Crippen LogP contribution < -0.4 is 0 Å². The van der Waals surface area contributed by atoms with Crippen LogP contribution in [-0.4, -0.2) is 26.8 Å². The molecule has 1 aliphatic carbocycles. The van der Waals surface area contributed by atoms with E-state index in [0.717, 1.165) is 0 Å². The number of benzene rings is 1. The monoisotopic (exact) mass is 257 g/mol. The number of phenols is 2. The third kappa shape index (κ3) is 1.79. The Labute approximate surface area is 108 Å². The summed E-state index contributed by atoms with van der Waals surface area (Å²) in [6.07, 6.45) is 0.469. The minimum atomic E-state index is -0.247. The van der Waals surface area contributed by atoms with E-state index >= 15 is 0 Å². The van der Waals surface area contributed by atoms with Crippen LogP contribution in [0.4, 0.5) is 0 Å². The fourth-order valence-corrected chi connectivity index (χ4v) is 2.23. The van der Waals surface area contributed by atoms with Gasteiger partial charge in [-0.2, -0.15) is 0 Å². The summed E-state index contributed by atoms with van der Waals surface area (Å²) in [7, 11) is 0. The average molecular weight is 257 g/mol. The first-order valence-electron chi connectivity index (χ1n) is 5.88. The molecule has 3 rings (SSSR count). The van der Waals surface area contributed by atoms with E-state index in [-0.39, 0.29) is 35.9 Å². The van der Waals surface area contributed by atoms with E-state index in [9.17, 15) is 19.8 Å². The standard InChI is InChI=1S/C14H11NO4/c16-10-3-4-12(18)14-8(10)6-9(15-14)7-1-2-11(17)13(19)5-7/h1-2,5-6,15,17,19H,3-4H2. The molecule has 0 saturated heterocycles. The Morgan fingerprint density at radius 2 is 1.68 bits per heavy atom. The highest BCUT2D eigenvalue weighted by molar-refractivity contribution is 6.13. The lowest BCUT2D eigenvalue weighted by molar-refractivity contribution is 0.0888. The second-order valence-electron chi connectivity index (χ2n) is 4.52. The van der Waals surface area contributed by atoms with Crippen molar-refractivity contribution in [2.45, 2.75) is 12.8 Å². The van der Waals surface area contributed by atoms with Crippen LogP contribution in [0.5, 0.6) is 11.5 Å². The second kappa shape index (κ2) is 3.98. The lowest BCUT2D eigenvalue weighted by atomic mass is 9.95. The lowest BCUT2D eigenvalue weighted by Crippen LogP contribution is -2.15. The smallest absolute Gasteiger partial charge is 0.180 e. The van der Waals surface area contributed by atoms with Crippen LogP contribution in [0.1, 0.15) is 33.7 Å². The summed E-state index contributed by atoms with van der Waals surface area (Å²) < 4.78 is 0. The number of ketones is 2. The van der Waals surface area contributed by atoms with Gasteiger partial charge in [-0.05, 0) is 24.3 Å². The molecule has 2 aromatic rings. The van der Waals surface area contributed by atoms with Crippen LogP contribution in [0, 0.1) is 0 Å². The Morgan fingerprint density at radius 1 is 0.947 bits per heavy atom. The fraction of sp³-hybridized carbons (Fsp3) is 0.143. The second-order valence-corrected chi connectivity index (χ2v) is 4.52. The molecule has 0 unspecified atom stereocenters. The van der Waals surface area contributed by atoms with Crippen molar-refractivity contribution >= 4 is 11.6 Å². The number of Topliss-reactive ketones (excluding diaryl/α,β-unsaturated/α-hetero) is 2. The van der Waals surface area contributed by atoms with Crippen molar-refractivity contribution in [3.05, 3.63) is 35.5 Å². The van der Waals surface area contributed by atoms with Crippen LogP contribution in [0.2, 0.25) is 0 Å². The molecule has 0 atom stereocenters. The van der Waals surface area contributed by atoms with Crippen LogP contribution in [0.15, 0.2) is 24.3 Å². The first kappa shape index (κ1) is 11.5. The molecule has 0 bridgehead atoms. The number of hydrogen-bond donors (Lipinski definition) is 3. The number of hydrogen-bond acceptors (Lipinski definition) is 4. The largest absolute Gasteiger partial charge is 0.504 e. The minimum Gasteiger partial charge on any atom is -0.504 e. The van der Waals surface area contributed by atoms with Crippen LogP contribution in [-0.2, 0) is 0 Å². The number of aromatic nitrogens is 1. The molecular formula is C14H11NO4. The van der Waals surface area contributed by atoms with Gasteiger partial charge in [-0.15, -0.1) is 0 Å². The van der Waals surface area contributed by atoms with E-state index in [1.54, 1.807) is 12.1 Å². The van der Waals surface area contributed by atoms with Gasteiger partial charge in [0.25, 0.3) is 0 Å². The van der Waals surface area contributed by atoms with Crippen molar-refractivity contribution in [1.82, 2.24) is 4.98 Å². The van der Waals surface area contributed by atoms with Gasteiger partial charge < -0.3 is 15.2 Å². The molecule has 1 aromatic heterocycles. The van der Waals surface area contributed by atoms with Gasteiger partial charge >= 0.3 is 0 Å². The molecule has 0 radical (unpaired) electrons. The normalized spacial score (nSPS) is 14.5. The quantitative estimate of drug-likeness (QED) is 0.683. The number of nitrogens with one attached hydrogen (secondary N) is 1. The summed E-state index contributed by atoms with van der Waals surface area (Å²) in [5.74, 6) is -0.598. The Bertz CT molecular complexity index is 666. The molecule has 5 nitrogen and oxygen atoms in total. The zero-order valence-corrected chi connectivity index (χ0v) is 9.93. The summed E-state index contributed by atoms with van der Waals surface area (Å²) in [6.45, 7) is 0. The van der Waals surface area contributed by atoms with E-state index in [0.29, 0.717) is 22.5 Å². The Kier molecular flexibility index (Phi) is 2.41. The van der Waals surface area contributed by atoms with Crippen molar-refractivity contribution in [2.24, 2.45) is 0 Å². The number of aromatic hydroxyl groups is 2. The maximum atomic E-state index is 11.7. The van der Waals surface area contributed by atoms with Crippen LogP contribution in [0.3, 0.4) is 0 Å². The molecule has 0 fully saturated rings. The number of phenolic OH excluding ortho intramolecular Hbond substituents is 2. The summed E-state index contributed by atoms with van der Waals surface area (Å²) >= 11 is 0. The van der Waals surface area contributed by atoms with Gasteiger partial charge in [0.05, 0.1) is 5.69 Å². The van der Waals surface area contributed by atoms with E-state index in [1.165, 1.54) is 12.1 Å². The summed E-state index contributed by atoms with van der Waals surface area (Å²) in [5.41, 5.74) is 1.91. The van der Waals surface area contributed by atoms with E-state index < -0.39 is 0 Å². The molecule has 1 aromatic carbocycles. The van der Waals surface area contributed by atoms with Gasteiger partial charge in [0.2, 0.25) is 0 Å². The predicted molar refractivity (Wildman–Crippen MR) is 67.5 cm³/mol. The van der Waals surface area contributed by atoms with Crippen molar-refractivity contribution in [3.63, 3.8) is 0 Å². The van der Waals surface area contributed by atoms with Gasteiger partial charge in [0.1, 0.15) is 0 Å². The molecule has 96 valence electrons. The third-order valence-electron chi connectivity index (χ3n) is 3.26. The predicted octanol–water partition coefficient (Wildman–Crippen LogP) is 2.25. The first-order valence-corrected chi connectivity index (χ1v) is 5.88. The lowest BCUT2D eigenvalue weighted by Gasteiger charge is -2.07. The zero-order chi connectivity index (χ0) is 13.6. The van der Waals surface area contributed by atoms with E-state index in [4.69, 9.17) is 0 Å². The number of H-pyrrole nitrogens is 1.